The summed E-state index contributed by atoms with van der Waals surface area (Å²) in [5.74, 6) is 2.96. The van der Waals surface area contributed by atoms with Gasteiger partial charge in [0.2, 0.25) is 5.95 Å². The molecule has 0 atom stereocenters. The summed E-state index contributed by atoms with van der Waals surface area (Å²) in [5.41, 5.74) is 2.45. The van der Waals surface area contributed by atoms with Crippen LogP contribution in [0.5, 0.6) is 0 Å². The van der Waals surface area contributed by atoms with Gasteiger partial charge in [-0.05, 0) is 18.6 Å². The number of benzene rings is 1. The van der Waals surface area contributed by atoms with Crippen molar-refractivity contribution in [1.82, 2.24) is 9.97 Å². The highest BCUT2D eigenvalue weighted by Gasteiger charge is 2.30. The molecule has 0 unspecified atom stereocenters. The minimum atomic E-state index is 0.732. The zero-order chi connectivity index (χ0) is 18.1. The van der Waals surface area contributed by atoms with Gasteiger partial charge in [-0.25, -0.2) is 0 Å². The topological polar surface area (TPSA) is 54.0 Å². The minimum absolute atomic E-state index is 0.732. The Morgan fingerprint density at radius 2 is 1.33 bits per heavy atom. The molecule has 0 bridgehead atoms. The fourth-order valence-corrected chi connectivity index (χ4v) is 4.03. The van der Waals surface area contributed by atoms with Gasteiger partial charge in [0, 0.05) is 44.0 Å². The van der Waals surface area contributed by atoms with Crippen molar-refractivity contribution in [3.8, 4) is 0 Å². The van der Waals surface area contributed by atoms with Crippen LogP contribution in [0.3, 0.4) is 0 Å². The number of ether oxygens (including phenoxy) is 2. The van der Waals surface area contributed by atoms with Crippen LogP contribution in [0.25, 0.3) is 0 Å². The van der Waals surface area contributed by atoms with Crippen molar-refractivity contribution in [2.45, 2.75) is 6.42 Å². The molecule has 0 spiro atoms. The summed E-state index contributed by atoms with van der Waals surface area (Å²) < 4.78 is 11.1. The lowest BCUT2D eigenvalue weighted by molar-refractivity contribution is 0.121. The lowest BCUT2D eigenvalue weighted by Crippen LogP contribution is -2.40. The molecule has 7 heteroatoms. The van der Waals surface area contributed by atoms with Crippen LogP contribution in [-0.2, 0) is 15.9 Å². The van der Waals surface area contributed by atoms with Gasteiger partial charge < -0.3 is 24.2 Å². The lowest BCUT2D eigenvalue weighted by atomic mass is 10.2. The van der Waals surface area contributed by atoms with Crippen molar-refractivity contribution in [1.29, 1.82) is 0 Å². The highest BCUT2D eigenvalue weighted by atomic mass is 16.5. The number of fused-ring (bicyclic) bond motifs is 1. The van der Waals surface area contributed by atoms with Crippen molar-refractivity contribution in [2.75, 3.05) is 73.9 Å². The Labute approximate surface area is 159 Å². The highest BCUT2D eigenvalue weighted by molar-refractivity contribution is 5.73. The molecule has 1 aromatic heterocycles. The van der Waals surface area contributed by atoms with E-state index in [0.29, 0.717) is 0 Å². The first kappa shape index (κ1) is 16.8. The molecular formula is C20H25N5O2. The molecule has 5 rings (SSSR count). The molecule has 2 saturated heterocycles. The Bertz CT molecular complexity index is 788. The third-order valence-corrected chi connectivity index (χ3v) is 5.47. The summed E-state index contributed by atoms with van der Waals surface area (Å²) in [6.07, 6.45) is 0.973. The zero-order valence-corrected chi connectivity index (χ0v) is 15.5. The van der Waals surface area contributed by atoms with E-state index in [1.54, 1.807) is 0 Å². The molecule has 2 fully saturated rings. The Morgan fingerprint density at radius 3 is 2.04 bits per heavy atom. The molecule has 0 aliphatic carbocycles. The van der Waals surface area contributed by atoms with E-state index in [2.05, 4.69) is 45.0 Å². The van der Waals surface area contributed by atoms with Crippen LogP contribution < -0.4 is 14.7 Å². The molecule has 0 amide bonds. The second kappa shape index (κ2) is 7.32. The van der Waals surface area contributed by atoms with Gasteiger partial charge in [-0.2, -0.15) is 9.97 Å². The monoisotopic (exact) mass is 367 g/mol. The Hall–Kier alpha value is -2.38. The quantitative estimate of drug-likeness (QED) is 0.820. The van der Waals surface area contributed by atoms with Gasteiger partial charge in [-0.15, -0.1) is 0 Å². The first-order valence-electron chi connectivity index (χ1n) is 9.79. The van der Waals surface area contributed by atoms with E-state index in [9.17, 15) is 0 Å². The fourth-order valence-electron chi connectivity index (χ4n) is 4.03. The number of rotatable bonds is 3. The van der Waals surface area contributed by atoms with E-state index in [-0.39, 0.29) is 0 Å². The van der Waals surface area contributed by atoms with E-state index in [0.717, 1.165) is 83.2 Å². The van der Waals surface area contributed by atoms with E-state index < -0.39 is 0 Å². The number of aromatic nitrogens is 2. The molecule has 0 radical (unpaired) electrons. The first-order chi connectivity index (χ1) is 13.4. The number of para-hydroxylation sites is 1. The third-order valence-electron chi connectivity index (χ3n) is 5.47. The largest absolute Gasteiger partial charge is 0.378 e. The number of morpholine rings is 2. The van der Waals surface area contributed by atoms with Crippen molar-refractivity contribution in [3.05, 3.63) is 35.9 Å². The van der Waals surface area contributed by atoms with Crippen LogP contribution >= 0.6 is 0 Å². The first-order valence-corrected chi connectivity index (χ1v) is 9.79. The van der Waals surface area contributed by atoms with Crippen LogP contribution in [0.1, 0.15) is 5.56 Å². The standard InChI is InChI=1S/C20H25N5O2/c1-2-4-16(5-3-1)25-7-6-17-18(23-8-12-26-13-9-23)21-20(22-19(17)25)24-10-14-27-15-11-24/h1-5H,6-15H2. The minimum Gasteiger partial charge on any atom is -0.378 e. The van der Waals surface area contributed by atoms with Gasteiger partial charge in [0.15, 0.2) is 0 Å². The van der Waals surface area contributed by atoms with Crippen LogP contribution in [0, 0.1) is 0 Å². The summed E-state index contributed by atoms with van der Waals surface area (Å²) >= 11 is 0. The molecule has 2 aromatic rings. The molecule has 27 heavy (non-hydrogen) atoms. The van der Waals surface area contributed by atoms with E-state index in [4.69, 9.17) is 19.4 Å². The Kier molecular flexibility index (Phi) is 4.55. The van der Waals surface area contributed by atoms with Crippen molar-refractivity contribution < 1.29 is 9.47 Å². The van der Waals surface area contributed by atoms with E-state index >= 15 is 0 Å². The second-order valence-electron chi connectivity index (χ2n) is 7.09. The smallest absolute Gasteiger partial charge is 0.229 e. The van der Waals surface area contributed by atoms with Gasteiger partial charge in [-0.3, -0.25) is 0 Å². The predicted octanol–water partition coefficient (Wildman–Crippen LogP) is 1.84. The molecule has 3 aliphatic heterocycles. The van der Waals surface area contributed by atoms with Crippen LogP contribution in [0.2, 0.25) is 0 Å². The van der Waals surface area contributed by atoms with Gasteiger partial charge in [-0.1, -0.05) is 18.2 Å². The average Bonchev–Trinajstić information content (AvgIpc) is 3.19. The molecule has 0 saturated carbocycles. The molecular weight excluding hydrogens is 342 g/mol. The fraction of sp³-hybridized carbons (Fsp3) is 0.500. The Morgan fingerprint density at radius 1 is 0.704 bits per heavy atom. The molecule has 1 aromatic carbocycles. The van der Waals surface area contributed by atoms with Gasteiger partial charge in [0.1, 0.15) is 11.6 Å². The predicted molar refractivity (Wildman–Crippen MR) is 105 cm³/mol. The lowest BCUT2D eigenvalue weighted by Gasteiger charge is -2.32. The van der Waals surface area contributed by atoms with Crippen molar-refractivity contribution in [2.24, 2.45) is 0 Å². The maximum absolute atomic E-state index is 5.56. The van der Waals surface area contributed by atoms with Crippen LogP contribution in [-0.4, -0.2) is 69.1 Å². The summed E-state index contributed by atoms with van der Waals surface area (Å²) in [6, 6.07) is 10.5. The highest BCUT2D eigenvalue weighted by Crippen LogP contribution is 2.39. The molecule has 0 N–H and O–H groups in total. The summed E-state index contributed by atoms with van der Waals surface area (Å²) in [5, 5.41) is 0. The van der Waals surface area contributed by atoms with Crippen molar-refractivity contribution in [3.63, 3.8) is 0 Å². The normalized spacial score (nSPS) is 20.1. The molecule has 7 nitrogen and oxygen atoms in total. The summed E-state index contributed by atoms with van der Waals surface area (Å²) in [4.78, 5) is 17.0. The van der Waals surface area contributed by atoms with Gasteiger partial charge >= 0.3 is 0 Å². The maximum atomic E-state index is 5.56. The number of anilines is 4. The summed E-state index contributed by atoms with van der Waals surface area (Å²) in [6.45, 7) is 7.37. The van der Waals surface area contributed by atoms with E-state index in [1.807, 2.05) is 0 Å². The van der Waals surface area contributed by atoms with Crippen LogP contribution in [0.4, 0.5) is 23.3 Å². The van der Waals surface area contributed by atoms with Gasteiger partial charge in [0.25, 0.3) is 0 Å². The number of nitrogens with zero attached hydrogens (tertiary/aromatic N) is 5. The Balaban J connectivity index is 1.57. The van der Waals surface area contributed by atoms with E-state index in [1.165, 1.54) is 11.3 Å². The zero-order valence-electron chi connectivity index (χ0n) is 15.5. The maximum Gasteiger partial charge on any atom is 0.229 e. The number of hydrogen-bond donors (Lipinski definition) is 0. The number of hydrogen-bond acceptors (Lipinski definition) is 7. The summed E-state index contributed by atoms with van der Waals surface area (Å²) in [7, 11) is 0. The molecule has 4 heterocycles. The molecule has 142 valence electrons. The third kappa shape index (κ3) is 3.21. The molecule has 3 aliphatic rings. The van der Waals surface area contributed by atoms with Gasteiger partial charge in [0.05, 0.1) is 26.4 Å². The SMILES string of the molecule is c1ccc(N2CCc3c(N4CCOCC4)nc(N4CCOCC4)nc32)cc1. The van der Waals surface area contributed by atoms with Crippen molar-refractivity contribution >= 4 is 23.3 Å². The average molecular weight is 367 g/mol. The van der Waals surface area contributed by atoms with Crippen LogP contribution in [0.15, 0.2) is 30.3 Å². The second-order valence-corrected chi connectivity index (χ2v) is 7.09.